The van der Waals surface area contributed by atoms with E-state index in [2.05, 4.69) is 48.4 Å². The van der Waals surface area contributed by atoms with Gasteiger partial charge in [0.15, 0.2) is 23.8 Å². The second-order valence-electron chi connectivity index (χ2n) is 22.6. The number of nitrogens with zero attached hydrogens (tertiary/aromatic N) is 8. The number of anilines is 3. The second-order valence-corrected chi connectivity index (χ2v) is 25.1. The standard InChI is InChI=1S/C35H31Cl3N6O5.C33H38Cl3N5O4/c1-5-28(49-29-14-9-19(2)15-20(29)3)34(46)39-24-8-6-7-21(16-24)33(45)40-32-30(42-41-23-10-12-25(48-4)13-11-23)35(47)44(43-32)31-26(37)17-22(36)18-27(31)38;1-5-7-16-45-31(43)23(17-21(3)22-12-9-8-10-13-22)20-33(4,6-2)32(44)38-29-28(40-15-11-14-37-40)30(42)41(39-29)27-25(35)18-24(34)19-26(27)36/h6-18,28,30H,5H2,1-4H3,(H,39,46)(H,40,43,45);8-15,18-19,21,23,28H,5-7,16-17,20H2,1-4H3,(H,38,39,44). The largest absolute Gasteiger partial charge is 0.497 e. The van der Waals surface area contributed by atoms with Crippen molar-refractivity contribution in [2.45, 2.75) is 111 Å². The summed E-state index contributed by atoms with van der Waals surface area (Å²) in [6.45, 7) is 13.9. The zero-order valence-electron chi connectivity index (χ0n) is 52.6. The number of hydrogen-bond donors (Lipinski definition) is 3. The Balaban J connectivity index is 0.000000242. The van der Waals surface area contributed by atoms with E-state index < -0.39 is 47.2 Å². The summed E-state index contributed by atoms with van der Waals surface area (Å²) in [6.07, 6.45) is 5.60. The molecular formula is C68H69Cl6N11O9. The van der Waals surface area contributed by atoms with Crippen LogP contribution in [0.5, 0.6) is 11.5 Å². The molecule has 2 aliphatic heterocycles. The number of ether oxygens (including phenoxy) is 3. The lowest BCUT2D eigenvalue weighted by Gasteiger charge is -2.32. The lowest BCUT2D eigenvalue weighted by molar-refractivity contribution is -0.151. The highest BCUT2D eigenvalue weighted by atomic mass is 35.5. The van der Waals surface area contributed by atoms with Gasteiger partial charge >= 0.3 is 5.97 Å². The fourth-order valence-corrected chi connectivity index (χ4v) is 12.2. The molecule has 6 atom stereocenters. The van der Waals surface area contributed by atoms with E-state index in [0.29, 0.717) is 53.8 Å². The Labute approximate surface area is 574 Å². The first kappa shape index (κ1) is 71.5. The van der Waals surface area contributed by atoms with Crippen LogP contribution in [0, 0.1) is 25.2 Å². The first-order valence-corrected chi connectivity index (χ1v) is 32.4. The molecule has 94 heavy (non-hydrogen) atoms. The SMILES string of the molecule is CCC(Oc1ccc(C)cc1C)C(=O)Nc1cccc(C(=O)NC2=NN(c3c(Cl)cc(Cl)cc3Cl)C(=O)C2N=Nc2ccc(OC)cc2)c1.CCCCOC(=O)C(CC(C)c1ccccc1)CC(C)(CC)C(=O)NC1=NN(c2c(Cl)cc(Cl)cc2Cl)C(=O)C1n1cccn1. The average Bonchev–Trinajstić information content (AvgIpc) is 1.62. The number of unbranched alkanes of at least 4 members (excludes halogenated alkanes) is 1. The van der Waals surface area contributed by atoms with Crippen molar-refractivity contribution >= 4 is 140 Å². The van der Waals surface area contributed by atoms with Gasteiger partial charge in [-0.1, -0.05) is 165 Å². The highest BCUT2D eigenvalue weighted by Gasteiger charge is 2.45. The minimum absolute atomic E-state index is 0.0511. The smallest absolute Gasteiger partial charge is 0.308 e. The lowest BCUT2D eigenvalue weighted by Crippen LogP contribution is -2.46. The molecule has 0 radical (unpaired) electrons. The molecule has 492 valence electrons. The zero-order chi connectivity index (χ0) is 68.0. The molecule has 0 bridgehead atoms. The number of halogens is 6. The predicted molar refractivity (Wildman–Crippen MR) is 368 cm³/mol. The Morgan fingerprint density at radius 3 is 1.95 bits per heavy atom. The maximum absolute atomic E-state index is 14.1. The van der Waals surface area contributed by atoms with E-state index in [1.165, 1.54) is 48.3 Å². The molecule has 6 aromatic carbocycles. The third kappa shape index (κ3) is 17.7. The molecular weight excluding hydrogens is 1330 g/mol. The summed E-state index contributed by atoms with van der Waals surface area (Å²) in [5.41, 5.74) is 3.25. The second kappa shape index (κ2) is 32.7. The van der Waals surface area contributed by atoms with Gasteiger partial charge in [-0.05, 0) is 142 Å². The zero-order valence-corrected chi connectivity index (χ0v) is 57.2. The molecule has 2 aliphatic rings. The van der Waals surface area contributed by atoms with Crippen LogP contribution >= 0.6 is 69.6 Å². The van der Waals surface area contributed by atoms with Gasteiger partial charge in [0.05, 0.1) is 45.4 Å². The summed E-state index contributed by atoms with van der Waals surface area (Å²) in [4.78, 5) is 81.6. The van der Waals surface area contributed by atoms with Crippen molar-refractivity contribution in [1.29, 1.82) is 0 Å². The topological polar surface area (TPSA) is 240 Å². The Morgan fingerprint density at radius 2 is 1.36 bits per heavy atom. The number of azo groups is 1. The number of carbonyl (C=O) groups excluding carboxylic acids is 6. The number of esters is 1. The number of rotatable bonds is 23. The van der Waals surface area contributed by atoms with Gasteiger partial charge in [0, 0.05) is 39.1 Å². The first-order valence-electron chi connectivity index (χ1n) is 30.1. The third-order valence-electron chi connectivity index (χ3n) is 15.6. The molecule has 0 saturated heterocycles. The summed E-state index contributed by atoms with van der Waals surface area (Å²) in [6, 6.07) is 33.6. The highest BCUT2D eigenvalue weighted by Crippen LogP contribution is 2.42. The Morgan fingerprint density at radius 1 is 0.723 bits per heavy atom. The van der Waals surface area contributed by atoms with Crippen molar-refractivity contribution in [2.75, 3.05) is 29.1 Å². The number of hydrazone groups is 2. The summed E-state index contributed by atoms with van der Waals surface area (Å²) < 4.78 is 18.3. The van der Waals surface area contributed by atoms with E-state index >= 15 is 0 Å². The van der Waals surface area contributed by atoms with E-state index in [4.69, 9.17) is 83.8 Å². The molecule has 9 rings (SSSR count). The van der Waals surface area contributed by atoms with Crippen LogP contribution < -0.4 is 35.4 Å². The monoisotopic (exact) mass is 1390 g/mol. The van der Waals surface area contributed by atoms with Crippen LogP contribution in [-0.2, 0) is 28.7 Å². The van der Waals surface area contributed by atoms with E-state index in [9.17, 15) is 28.8 Å². The number of aryl methyl sites for hydroxylation is 2. The minimum atomic E-state index is -1.36. The van der Waals surface area contributed by atoms with E-state index in [-0.39, 0.29) is 83.8 Å². The van der Waals surface area contributed by atoms with Crippen molar-refractivity contribution in [1.82, 2.24) is 20.4 Å². The molecule has 7 aromatic rings. The molecule has 6 unspecified atom stereocenters. The number of benzene rings is 6. The fraction of sp³-hybridized carbons (Fsp3) is 0.309. The van der Waals surface area contributed by atoms with Gasteiger partial charge in [0.1, 0.15) is 22.9 Å². The maximum atomic E-state index is 14.1. The van der Waals surface area contributed by atoms with Crippen LogP contribution in [-0.4, -0.2) is 82.8 Å². The molecule has 0 aliphatic carbocycles. The minimum Gasteiger partial charge on any atom is -0.497 e. The van der Waals surface area contributed by atoms with Gasteiger partial charge in [-0.3, -0.25) is 33.4 Å². The number of amidine groups is 2. The normalized spacial score (nSPS) is 16.1. The van der Waals surface area contributed by atoms with Gasteiger partial charge in [-0.2, -0.15) is 25.3 Å². The van der Waals surface area contributed by atoms with Gasteiger partial charge in [0.25, 0.3) is 23.6 Å². The Kier molecular flexibility index (Phi) is 24.8. The number of amides is 5. The predicted octanol–water partition coefficient (Wildman–Crippen LogP) is 16.1. The molecule has 0 saturated carbocycles. The van der Waals surface area contributed by atoms with Crippen molar-refractivity contribution < 1.29 is 43.0 Å². The quantitative estimate of drug-likeness (QED) is 0.0311. The van der Waals surface area contributed by atoms with E-state index in [0.717, 1.165) is 39.5 Å². The van der Waals surface area contributed by atoms with Crippen molar-refractivity contribution in [3.8, 4) is 11.5 Å². The third-order valence-corrected chi connectivity index (χ3v) is 17.2. The Bertz CT molecular complexity index is 3960. The number of carbonyl (C=O) groups is 6. The maximum Gasteiger partial charge on any atom is 0.308 e. The number of methoxy groups -OCH3 is 1. The van der Waals surface area contributed by atoms with Crippen molar-refractivity contribution in [2.24, 2.45) is 31.8 Å². The van der Waals surface area contributed by atoms with E-state index in [1.54, 1.807) is 54.7 Å². The molecule has 5 amide bonds. The molecule has 0 fully saturated rings. The fourth-order valence-electron chi connectivity index (χ4n) is 10.2. The van der Waals surface area contributed by atoms with Crippen LogP contribution in [0.2, 0.25) is 30.1 Å². The molecule has 3 N–H and O–H groups in total. The van der Waals surface area contributed by atoms with Crippen molar-refractivity contribution in [3.63, 3.8) is 0 Å². The lowest BCUT2D eigenvalue weighted by atomic mass is 9.75. The van der Waals surface area contributed by atoms with Gasteiger partial charge < -0.3 is 30.2 Å². The summed E-state index contributed by atoms with van der Waals surface area (Å²) in [5.74, 6) is -2.23. The molecule has 20 nitrogen and oxygen atoms in total. The van der Waals surface area contributed by atoms with Crippen LogP contribution in [0.4, 0.5) is 22.7 Å². The molecule has 26 heteroatoms. The molecule has 0 spiro atoms. The summed E-state index contributed by atoms with van der Waals surface area (Å²) in [7, 11) is 1.54. The van der Waals surface area contributed by atoms with Crippen LogP contribution in [0.1, 0.15) is 112 Å². The first-order chi connectivity index (χ1) is 44.9. The summed E-state index contributed by atoms with van der Waals surface area (Å²) in [5, 5.41) is 32.7. The van der Waals surface area contributed by atoms with Crippen LogP contribution in [0.25, 0.3) is 0 Å². The van der Waals surface area contributed by atoms with Gasteiger partial charge in [-0.15, -0.1) is 10.2 Å². The average molecular weight is 1400 g/mol. The highest BCUT2D eigenvalue weighted by molar-refractivity contribution is 6.44. The molecule has 1 aromatic heterocycles. The van der Waals surface area contributed by atoms with E-state index in [1.807, 2.05) is 90.1 Å². The van der Waals surface area contributed by atoms with Crippen molar-refractivity contribution in [3.05, 3.63) is 192 Å². The summed E-state index contributed by atoms with van der Waals surface area (Å²) >= 11 is 37.8. The number of nitrogens with one attached hydrogen (secondary N) is 3. The van der Waals surface area contributed by atoms with Crippen LogP contribution in [0.15, 0.2) is 160 Å². The van der Waals surface area contributed by atoms with Crippen LogP contribution in [0.3, 0.4) is 0 Å². The van der Waals surface area contributed by atoms with Gasteiger partial charge in [-0.25, -0.2) is 0 Å². The Hall–Kier alpha value is -8.37. The number of hydrogen-bond acceptors (Lipinski definition) is 14. The molecule has 3 heterocycles. The number of aromatic nitrogens is 2. The van der Waals surface area contributed by atoms with Gasteiger partial charge in [0.2, 0.25) is 11.9 Å².